The van der Waals surface area contributed by atoms with Crippen LogP contribution < -0.4 is 4.90 Å². The predicted molar refractivity (Wildman–Crippen MR) is 72.3 cm³/mol. The summed E-state index contributed by atoms with van der Waals surface area (Å²) in [4.78, 5) is 6.34. The Hall–Kier alpha value is -1.61. The number of hydrogen-bond acceptors (Lipinski definition) is 2. The van der Waals surface area contributed by atoms with E-state index in [4.69, 9.17) is 11.6 Å². The van der Waals surface area contributed by atoms with Crippen LogP contribution in [0.1, 0.15) is 11.1 Å². The number of aromatic nitrogens is 1. The minimum atomic E-state index is -0.217. The second-order valence-corrected chi connectivity index (χ2v) is 4.41. The molecular formula is C14H14ClFN2. The van der Waals surface area contributed by atoms with Crippen molar-refractivity contribution >= 4 is 17.4 Å². The summed E-state index contributed by atoms with van der Waals surface area (Å²) in [6, 6.07) is 10.4. The highest BCUT2D eigenvalue weighted by molar-refractivity contribution is 6.17. The molecule has 0 fully saturated rings. The van der Waals surface area contributed by atoms with Gasteiger partial charge in [0.25, 0.3) is 0 Å². The van der Waals surface area contributed by atoms with E-state index in [1.54, 1.807) is 18.3 Å². The van der Waals surface area contributed by atoms with Crippen molar-refractivity contribution in [3.8, 4) is 0 Å². The molecular weight excluding hydrogens is 251 g/mol. The third kappa shape index (κ3) is 3.20. The number of pyridine rings is 1. The molecule has 2 nitrogen and oxygen atoms in total. The molecule has 0 aliphatic rings. The highest BCUT2D eigenvalue weighted by Crippen LogP contribution is 2.14. The van der Waals surface area contributed by atoms with E-state index < -0.39 is 0 Å². The van der Waals surface area contributed by atoms with Gasteiger partial charge in [-0.2, -0.15) is 0 Å². The Morgan fingerprint density at radius 1 is 1.11 bits per heavy atom. The minimum Gasteiger partial charge on any atom is -0.355 e. The molecule has 1 heterocycles. The van der Waals surface area contributed by atoms with Crippen LogP contribution in [0.3, 0.4) is 0 Å². The van der Waals surface area contributed by atoms with Crippen molar-refractivity contribution in [2.45, 2.75) is 12.4 Å². The van der Waals surface area contributed by atoms with Crippen molar-refractivity contribution in [2.24, 2.45) is 0 Å². The molecule has 0 spiro atoms. The first-order valence-electron chi connectivity index (χ1n) is 5.65. The molecule has 0 atom stereocenters. The maximum atomic E-state index is 12.8. The molecule has 1 aromatic carbocycles. The molecule has 0 N–H and O–H groups in total. The summed E-state index contributed by atoms with van der Waals surface area (Å²) in [6.45, 7) is 0.688. The second-order valence-electron chi connectivity index (χ2n) is 4.14. The maximum absolute atomic E-state index is 12.8. The standard InChI is InChI=1S/C14H14ClFN2/c1-18(10-11-2-5-13(16)6-3-11)14-7-4-12(8-15)9-17-14/h2-7,9H,8,10H2,1H3. The van der Waals surface area contributed by atoms with Crippen LogP contribution in [0.4, 0.5) is 10.2 Å². The molecule has 2 aromatic rings. The second kappa shape index (κ2) is 5.83. The van der Waals surface area contributed by atoms with Crippen molar-refractivity contribution in [3.05, 3.63) is 59.5 Å². The summed E-state index contributed by atoms with van der Waals surface area (Å²) in [6.07, 6.45) is 1.77. The normalized spacial score (nSPS) is 10.4. The van der Waals surface area contributed by atoms with Crippen LogP contribution in [0.15, 0.2) is 42.6 Å². The first kappa shape index (κ1) is 12.8. The highest BCUT2D eigenvalue weighted by Gasteiger charge is 2.03. The van der Waals surface area contributed by atoms with E-state index in [0.717, 1.165) is 16.9 Å². The smallest absolute Gasteiger partial charge is 0.128 e. The topological polar surface area (TPSA) is 16.1 Å². The lowest BCUT2D eigenvalue weighted by atomic mass is 10.2. The van der Waals surface area contributed by atoms with Gasteiger partial charge in [-0.25, -0.2) is 9.37 Å². The van der Waals surface area contributed by atoms with Crippen LogP contribution in [0.5, 0.6) is 0 Å². The average Bonchev–Trinajstić information content (AvgIpc) is 2.41. The van der Waals surface area contributed by atoms with E-state index in [2.05, 4.69) is 4.98 Å². The number of hydrogen-bond donors (Lipinski definition) is 0. The Bertz CT molecular complexity index is 496. The first-order valence-corrected chi connectivity index (χ1v) is 6.19. The Kier molecular flexibility index (Phi) is 4.15. The van der Waals surface area contributed by atoms with Gasteiger partial charge in [0.15, 0.2) is 0 Å². The molecule has 0 saturated heterocycles. The maximum Gasteiger partial charge on any atom is 0.128 e. The van der Waals surface area contributed by atoms with Gasteiger partial charge in [-0.3, -0.25) is 0 Å². The third-order valence-electron chi connectivity index (χ3n) is 2.69. The van der Waals surface area contributed by atoms with E-state index in [0.29, 0.717) is 12.4 Å². The number of halogens is 2. The SMILES string of the molecule is CN(Cc1ccc(F)cc1)c1ccc(CCl)cn1. The quantitative estimate of drug-likeness (QED) is 0.785. The fourth-order valence-electron chi connectivity index (χ4n) is 1.67. The van der Waals surface area contributed by atoms with Gasteiger partial charge in [0.05, 0.1) is 0 Å². The molecule has 1 aromatic heterocycles. The summed E-state index contributed by atoms with van der Waals surface area (Å²) in [5, 5.41) is 0. The summed E-state index contributed by atoms with van der Waals surface area (Å²) >= 11 is 5.71. The fraction of sp³-hybridized carbons (Fsp3) is 0.214. The van der Waals surface area contributed by atoms with Gasteiger partial charge in [0.1, 0.15) is 11.6 Å². The molecule has 4 heteroatoms. The van der Waals surface area contributed by atoms with E-state index in [-0.39, 0.29) is 5.82 Å². The Balaban J connectivity index is 2.06. The Morgan fingerprint density at radius 3 is 2.33 bits per heavy atom. The van der Waals surface area contributed by atoms with Crippen molar-refractivity contribution in [3.63, 3.8) is 0 Å². The number of nitrogens with zero attached hydrogens (tertiary/aromatic N) is 2. The monoisotopic (exact) mass is 264 g/mol. The van der Waals surface area contributed by atoms with Crippen molar-refractivity contribution in [2.75, 3.05) is 11.9 Å². The van der Waals surface area contributed by atoms with Crippen LogP contribution in [0, 0.1) is 5.82 Å². The van der Waals surface area contributed by atoms with Crippen molar-refractivity contribution in [1.82, 2.24) is 4.98 Å². The lowest BCUT2D eigenvalue weighted by Crippen LogP contribution is -2.17. The van der Waals surface area contributed by atoms with E-state index in [1.165, 1.54) is 12.1 Å². The predicted octanol–water partition coefficient (Wildman–Crippen LogP) is 3.60. The van der Waals surface area contributed by atoms with Gasteiger partial charge in [0, 0.05) is 25.7 Å². The molecule has 2 rings (SSSR count). The Labute approximate surface area is 111 Å². The van der Waals surface area contributed by atoms with Crippen LogP contribution >= 0.6 is 11.6 Å². The first-order chi connectivity index (χ1) is 8.69. The zero-order valence-corrected chi connectivity index (χ0v) is 10.9. The Morgan fingerprint density at radius 2 is 1.78 bits per heavy atom. The summed E-state index contributed by atoms with van der Waals surface area (Å²) < 4.78 is 12.8. The van der Waals surface area contributed by atoms with Gasteiger partial charge in [-0.05, 0) is 29.3 Å². The fourth-order valence-corrected chi connectivity index (χ4v) is 1.82. The van der Waals surface area contributed by atoms with Crippen molar-refractivity contribution in [1.29, 1.82) is 0 Å². The number of benzene rings is 1. The van der Waals surface area contributed by atoms with Gasteiger partial charge in [-0.1, -0.05) is 18.2 Å². The zero-order valence-electron chi connectivity index (χ0n) is 10.1. The molecule has 0 unspecified atom stereocenters. The van der Waals surface area contributed by atoms with Gasteiger partial charge < -0.3 is 4.90 Å². The van der Waals surface area contributed by atoms with E-state index in [1.807, 2.05) is 24.1 Å². The largest absolute Gasteiger partial charge is 0.355 e. The average molecular weight is 265 g/mol. The van der Waals surface area contributed by atoms with Crippen LogP contribution in [-0.2, 0) is 12.4 Å². The molecule has 0 saturated carbocycles. The van der Waals surface area contributed by atoms with Crippen LogP contribution in [0.2, 0.25) is 0 Å². The molecule has 0 aliphatic carbocycles. The number of rotatable bonds is 4. The number of alkyl halides is 1. The third-order valence-corrected chi connectivity index (χ3v) is 3.00. The zero-order chi connectivity index (χ0) is 13.0. The molecule has 0 radical (unpaired) electrons. The summed E-state index contributed by atoms with van der Waals surface area (Å²) in [7, 11) is 1.95. The molecule has 94 valence electrons. The molecule has 0 aliphatic heterocycles. The molecule has 0 amide bonds. The number of anilines is 1. The van der Waals surface area contributed by atoms with Gasteiger partial charge in [0.2, 0.25) is 0 Å². The van der Waals surface area contributed by atoms with Gasteiger partial charge in [-0.15, -0.1) is 11.6 Å². The summed E-state index contributed by atoms with van der Waals surface area (Å²) in [5.74, 6) is 1.12. The van der Waals surface area contributed by atoms with E-state index in [9.17, 15) is 4.39 Å². The highest BCUT2D eigenvalue weighted by atomic mass is 35.5. The lowest BCUT2D eigenvalue weighted by Gasteiger charge is -2.18. The van der Waals surface area contributed by atoms with Crippen molar-refractivity contribution < 1.29 is 4.39 Å². The molecule has 0 bridgehead atoms. The van der Waals surface area contributed by atoms with Crippen LogP contribution in [0.25, 0.3) is 0 Å². The van der Waals surface area contributed by atoms with E-state index >= 15 is 0 Å². The minimum absolute atomic E-state index is 0.217. The van der Waals surface area contributed by atoms with Crippen LogP contribution in [-0.4, -0.2) is 12.0 Å². The molecule has 18 heavy (non-hydrogen) atoms. The lowest BCUT2D eigenvalue weighted by molar-refractivity contribution is 0.627. The van der Waals surface area contributed by atoms with Gasteiger partial charge >= 0.3 is 0 Å². The summed E-state index contributed by atoms with van der Waals surface area (Å²) in [5.41, 5.74) is 2.04.